The molecule has 2 aliphatic rings. The highest BCUT2D eigenvalue weighted by Crippen LogP contribution is 2.52. The van der Waals surface area contributed by atoms with Gasteiger partial charge in [-0.05, 0) is 48.1 Å². The number of fused-ring (bicyclic) bond motifs is 2. The third-order valence-corrected chi connectivity index (χ3v) is 6.98. The number of likely N-dealkylation sites (tertiary alicyclic amines) is 1. The molecule has 1 heterocycles. The number of amides is 1. The highest BCUT2D eigenvalue weighted by Gasteiger charge is 2.46. The van der Waals surface area contributed by atoms with Gasteiger partial charge in [-0.2, -0.15) is 13.2 Å². The van der Waals surface area contributed by atoms with Gasteiger partial charge in [0.25, 0.3) is 0 Å². The lowest BCUT2D eigenvalue weighted by Gasteiger charge is -2.40. The van der Waals surface area contributed by atoms with E-state index in [0.717, 1.165) is 35.4 Å². The molecule has 1 amide bonds. The Morgan fingerprint density at radius 2 is 1.83 bits per heavy atom. The Balaban J connectivity index is 1.49. The fraction of sp³-hybridized carbons (Fsp3) is 0.409. The predicted molar refractivity (Wildman–Crippen MR) is 108 cm³/mol. The number of piperidine rings is 1. The highest BCUT2D eigenvalue weighted by molar-refractivity contribution is 9.10. The fourth-order valence-electron chi connectivity index (χ4n) is 4.91. The second kappa shape index (κ2) is 7.43. The number of nitrogens with zero attached hydrogens (tertiary/aromatic N) is 1. The van der Waals surface area contributed by atoms with Crippen LogP contribution in [-0.4, -0.2) is 23.9 Å². The number of alkyl halides is 3. The van der Waals surface area contributed by atoms with Gasteiger partial charge in [0.1, 0.15) is 0 Å². The van der Waals surface area contributed by atoms with Crippen LogP contribution in [0, 0.1) is 0 Å². The Labute approximate surface area is 176 Å². The van der Waals surface area contributed by atoms with Crippen LogP contribution >= 0.6 is 15.9 Å². The molecule has 29 heavy (non-hydrogen) atoms. The SMILES string of the molecule is NC1CC2(CCN(C(=O)Cc3ccccc3C(F)(F)F)CC2)c2c(Br)cccc21. The van der Waals surface area contributed by atoms with Crippen LogP contribution in [0.1, 0.15) is 47.6 Å². The van der Waals surface area contributed by atoms with Crippen molar-refractivity contribution >= 4 is 21.8 Å². The first kappa shape index (κ1) is 20.4. The van der Waals surface area contributed by atoms with Crippen LogP contribution < -0.4 is 5.73 Å². The minimum atomic E-state index is -4.46. The minimum Gasteiger partial charge on any atom is -0.342 e. The van der Waals surface area contributed by atoms with Gasteiger partial charge < -0.3 is 10.6 Å². The van der Waals surface area contributed by atoms with E-state index in [4.69, 9.17) is 5.73 Å². The molecule has 7 heteroatoms. The first-order valence-corrected chi connectivity index (χ1v) is 10.5. The van der Waals surface area contributed by atoms with Gasteiger partial charge >= 0.3 is 6.18 Å². The largest absolute Gasteiger partial charge is 0.416 e. The molecule has 0 saturated carbocycles. The van der Waals surface area contributed by atoms with Gasteiger partial charge in [-0.1, -0.05) is 46.3 Å². The van der Waals surface area contributed by atoms with Crippen molar-refractivity contribution in [2.45, 2.75) is 43.3 Å². The third kappa shape index (κ3) is 3.70. The van der Waals surface area contributed by atoms with Gasteiger partial charge in [0.05, 0.1) is 12.0 Å². The van der Waals surface area contributed by atoms with E-state index in [1.807, 2.05) is 12.1 Å². The molecule has 3 nitrogen and oxygen atoms in total. The average Bonchev–Trinajstić information content (AvgIpc) is 2.94. The topological polar surface area (TPSA) is 46.3 Å². The predicted octanol–water partition coefficient (Wildman–Crippen LogP) is 4.97. The Hall–Kier alpha value is -1.86. The summed E-state index contributed by atoms with van der Waals surface area (Å²) in [5.74, 6) is -0.258. The van der Waals surface area contributed by atoms with Crippen molar-refractivity contribution in [3.05, 3.63) is 69.2 Å². The monoisotopic (exact) mass is 466 g/mol. The average molecular weight is 467 g/mol. The number of hydrogen-bond donors (Lipinski definition) is 1. The molecule has 2 N–H and O–H groups in total. The lowest BCUT2D eigenvalue weighted by molar-refractivity contribution is -0.138. The molecule has 1 atom stereocenters. The van der Waals surface area contributed by atoms with Crippen LogP contribution in [0.3, 0.4) is 0 Å². The summed E-state index contributed by atoms with van der Waals surface area (Å²) in [7, 11) is 0. The van der Waals surface area contributed by atoms with Gasteiger partial charge in [0.2, 0.25) is 5.91 Å². The van der Waals surface area contributed by atoms with Gasteiger partial charge in [0.15, 0.2) is 0 Å². The van der Waals surface area contributed by atoms with Gasteiger partial charge in [-0.15, -0.1) is 0 Å². The van der Waals surface area contributed by atoms with E-state index in [1.165, 1.54) is 23.8 Å². The number of rotatable bonds is 2. The maximum atomic E-state index is 13.2. The number of hydrogen-bond acceptors (Lipinski definition) is 2. The molecule has 2 aromatic rings. The summed E-state index contributed by atoms with van der Waals surface area (Å²) < 4.78 is 40.7. The summed E-state index contributed by atoms with van der Waals surface area (Å²) in [6, 6.07) is 11.3. The van der Waals surface area contributed by atoms with Crippen molar-refractivity contribution in [3.63, 3.8) is 0 Å². The molecule has 0 aromatic heterocycles. The molecular formula is C22H22BrF3N2O. The fourth-order valence-corrected chi connectivity index (χ4v) is 5.71. The maximum Gasteiger partial charge on any atom is 0.416 e. The first-order valence-electron chi connectivity index (χ1n) is 9.69. The molecule has 4 rings (SSSR count). The van der Waals surface area contributed by atoms with E-state index in [1.54, 1.807) is 4.90 Å². The molecular weight excluding hydrogens is 445 g/mol. The zero-order chi connectivity index (χ0) is 20.8. The second-order valence-electron chi connectivity index (χ2n) is 8.01. The van der Waals surface area contributed by atoms with E-state index in [0.29, 0.717) is 13.1 Å². The molecule has 2 aromatic carbocycles. The van der Waals surface area contributed by atoms with Crippen molar-refractivity contribution in [1.82, 2.24) is 4.90 Å². The van der Waals surface area contributed by atoms with Crippen LogP contribution in [0.2, 0.25) is 0 Å². The molecule has 1 unspecified atom stereocenters. The quantitative estimate of drug-likeness (QED) is 0.678. The van der Waals surface area contributed by atoms with Crippen LogP contribution in [0.25, 0.3) is 0 Å². The smallest absolute Gasteiger partial charge is 0.342 e. The number of carbonyl (C=O) groups excluding carboxylic acids is 1. The van der Waals surface area contributed by atoms with Crippen LogP contribution in [0.5, 0.6) is 0 Å². The zero-order valence-electron chi connectivity index (χ0n) is 15.8. The van der Waals surface area contributed by atoms with Crippen molar-refractivity contribution in [3.8, 4) is 0 Å². The molecule has 1 aliphatic carbocycles. The van der Waals surface area contributed by atoms with E-state index in [9.17, 15) is 18.0 Å². The molecule has 154 valence electrons. The Morgan fingerprint density at radius 1 is 1.14 bits per heavy atom. The van der Waals surface area contributed by atoms with Crippen molar-refractivity contribution in [1.29, 1.82) is 0 Å². The molecule has 1 fully saturated rings. The third-order valence-electron chi connectivity index (χ3n) is 6.32. The summed E-state index contributed by atoms with van der Waals surface area (Å²) in [6.45, 7) is 1.06. The zero-order valence-corrected chi connectivity index (χ0v) is 17.4. The summed E-state index contributed by atoms with van der Waals surface area (Å²) in [6.07, 6.45) is -2.32. The minimum absolute atomic E-state index is 0.0246. The van der Waals surface area contributed by atoms with E-state index >= 15 is 0 Å². The number of carbonyl (C=O) groups is 1. The molecule has 1 spiro atoms. The number of halogens is 4. The Morgan fingerprint density at radius 3 is 2.52 bits per heavy atom. The molecule has 0 radical (unpaired) electrons. The molecule has 1 saturated heterocycles. The number of nitrogens with two attached hydrogens (primary N) is 1. The second-order valence-corrected chi connectivity index (χ2v) is 8.86. The van der Waals surface area contributed by atoms with Crippen molar-refractivity contribution in [2.75, 3.05) is 13.1 Å². The van der Waals surface area contributed by atoms with Crippen LogP contribution in [0.4, 0.5) is 13.2 Å². The van der Waals surface area contributed by atoms with Crippen molar-refractivity contribution < 1.29 is 18.0 Å². The van der Waals surface area contributed by atoms with E-state index < -0.39 is 11.7 Å². The highest BCUT2D eigenvalue weighted by atomic mass is 79.9. The first-order chi connectivity index (χ1) is 13.7. The maximum absolute atomic E-state index is 13.2. The van der Waals surface area contributed by atoms with Crippen molar-refractivity contribution in [2.24, 2.45) is 5.73 Å². The lowest BCUT2D eigenvalue weighted by atomic mass is 9.73. The summed E-state index contributed by atoms with van der Waals surface area (Å²) in [5, 5.41) is 0. The van der Waals surface area contributed by atoms with Gasteiger partial charge in [0, 0.05) is 29.0 Å². The van der Waals surface area contributed by atoms with Crippen LogP contribution in [-0.2, 0) is 22.8 Å². The van der Waals surface area contributed by atoms with Gasteiger partial charge in [-0.3, -0.25) is 4.79 Å². The van der Waals surface area contributed by atoms with E-state index in [2.05, 4.69) is 22.0 Å². The Bertz CT molecular complexity index is 936. The lowest BCUT2D eigenvalue weighted by Crippen LogP contribution is -2.45. The standard InChI is InChI=1S/C22H22BrF3N2O/c23-17-7-3-5-15-18(27)13-21(20(15)17)8-10-28(11-9-21)19(29)12-14-4-1-2-6-16(14)22(24,25)26/h1-7,18H,8-13,27H2. The summed E-state index contributed by atoms with van der Waals surface area (Å²) in [5.41, 5.74) is 7.98. The molecule has 1 aliphatic heterocycles. The summed E-state index contributed by atoms with van der Waals surface area (Å²) in [4.78, 5) is 14.4. The Kier molecular flexibility index (Phi) is 5.23. The normalized spacial score (nSPS) is 20.7. The van der Waals surface area contributed by atoms with Crippen LogP contribution in [0.15, 0.2) is 46.9 Å². The van der Waals surface area contributed by atoms with Gasteiger partial charge in [-0.25, -0.2) is 0 Å². The molecule has 0 bridgehead atoms. The number of benzene rings is 2. The summed E-state index contributed by atoms with van der Waals surface area (Å²) >= 11 is 3.66. The van der Waals surface area contributed by atoms with E-state index in [-0.39, 0.29) is 29.3 Å².